The number of hydrogen-bond donors (Lipinski definition) is 1. The van der Waals surface area contributed by atoms with Crippen LogP contribution < -0.4 is 4.74 Å². The second-order valence-corrected chi connectivity index (χ2v) is 1.40. The first-order valence-corrected chi connectivity index (χ1v) is 2.50. The van der Waals surface area contributed by atoms with Crippen molar-refractivity contribution in [3.05, 3.63) is 24.4 Å². The van der Waals surface area contributed by atoms with Crippen LogP contribution in [0.15, 0.2) is 24.4 Å². The van der Waals surface area contributed by atoms with Crippen molar-refractivity contribution >= 4 is 6.40 Å². The molecule has 1 rings (SSSR count). The summed E-state index contributed by atoms with van der Waals surface area (Å²) in [6, 6.07) is 5.27. The van der Waals surface area contributed by atoms with Gasteiger partial charge in [-0.2, -0.15) is 0 Å². The fourth-order valence-corrected chi connectivity index (χ4v) is 0.477. The lowest BCUT2D eigenvalue weighted by Crippen LogP contribution is -1.88. The first-order chi connectivity index (χ1) is 4.43. The Kier molecular flexibility index (Phi) is 1.80. The van der Waals surface area contributed by atoms with Gasteiger partial charge in [0, 0.05) is 12.3 Å². The molecular formula is C6H6N2O. The highest BCUT2D eigenvalue weighted by Crippen LogP contribution is 2.00. The molecule has 0 aromatic carbocycles. The van der Waals surface area contributed by atoms with Crippen LogP contribution in [0.5, 0.6) is 5.88 Å². The number of ether oxygens (including phenoxy) is 1. The van der Waals surface area contributed by atoms with Gasteiger partial charge in [0.15, 0.2) is 6.40 Å². The zero-order valence-electron chi connectivity index (χ0n) is 4.74. The van der Waals surface area contributed by atoms with Crippen LogP contribution in [0.4, 0.5) is 0 Å². The quantitative estimate of drug-likeness (QED) is 0.471. The molecule has 0 unspecified atom stereocenters. The second-order valence-electron chi connectivity index (χ2n) is 1.40. The van der Waals surface area contributed by atoms with E-state index < -0.39 is 0 Å². The largest absolute Gasteiger partial charge is 0.428 e. The van der Waals surface area contributed by atoms with Gasteiger partial charge in [0.25, 0.3) is 0 Å². The highest BCUT2D eigenvalue weighted by molar-refractivity contribution is 5.45. The number of pyridine rings is 1. The van der Waals surface area contributed by atoms with E-state index in [2.05, 4.69) is 9.72 Å². The molecule has 0 bridgehead atoms. The van der Waals surface area contributed by atoms with Crippen LogP contribution >= 0.6 is 0 Å². The monoisotopic (exact) mass is 122 g/mol. The summed E-state index contributed by atoms with van der Waals surface area (Å²) in [5.74, 6) is 0.451. The number of nitrogens with one attached hydrogen (secondary N) is 1. The minimum absolute atomic E-state index is 0.451. The Morgan fingerprint density at radius 2 is 2.44 bits per heavy atom. The lowest BCUT2D eigenvalue weighted by atomic mass is 10.5. The molecule has 0 saturated carbocycles. The average Bonchev–Trinajstić information content (AvgIpc) is 1.91. The van der Waals surface area contributed by atoms with E-state index in [4.69, 9.17) is 5.41 Å². The molecule has 9 heavy (non-hydrogen) atoms. The third kappa shape index (κ3) is 1.53. The molecule has 1 N–H and O–H groups in total. The van der Waals surface area contributed by atoms with Crippen LogP contribution in [0.1, 0.15) is 0 Å². The molecule has 0 spiro atoms. The Morgan fingerprint density at radius 3 is 3.00 bits per heavy atom. The van der Waals surface area contributed by atoms with Crippen molar-refractivity contribution in [2.75, 3.05) is 0 Å². The summed E-state index contributed by atoms with van der Waals surface area (Å²) in [7, 11) is 0. The van der Waals surface area contributed by atoms with Gasteiger partial charge in [0.2, 0.25) is 5.88 Å². The summed E-state index contributed by atoms with van der Waals surface area (Å²) in [5.41, 5.74) is 0. The molecular weight excluding hydrogens is 116 g/mol. The molecule has 0 aliphatic rings. The molecule has 1 aromatic rings. The number of rotatable bonds is 2. The normalized spacial score (nSPS) is 8.44. The first kappa shape index (κ1) is 5.75. The summed E-state index contributed by atoms with van der Waals surface area (Å²) in [5, 5.41) is 6.55. The number of aromatic nitrogens is 1. The van der Waals surface area contributed by atoms with E-state index in [1.165, 1.54) is 0 Å². The van der Waals surface area contributed by atoms with E-state index in [9.17, 15) is 0 Å². The molecule has 0 aliphatic carbocycles. The molecule has 1 heterocycles. The summed E-state index contributed by atoms with van der Waals surface area (Å²) >= 11 is 0. The maximum absolute atomic E-state index is 6.55. The third-order valence-corrected chi connectivity index (χ3v) is 0.817. The van der Waals surface area contributed by atoms with Crippen molar-refractivity contribution in [3.63, 3.8) is 0 Å². The number of hydrogen-bond acceptors (Lipinski definition) is 3. The molecule has 0 fully saturated rings. The van der Waals surface area contributed by atoms with Gasteiger partial charge in [-0.1, -0.05) is 6.07 Å². The highest BCUT2D eigenvalue weighted by Gasteiger charge is 1.84. The fourth-order valence-electron chi connectivity index (χ4n) is 0.477. The first-order valence-electron chi connectivity index (χ1n) is 2.50. The lowest BCUT2D eigenvalue weighted by Gasteiger charge is -1.92. The van der Waals surface area contributed by atoms with Gasteiger partial charge in [-0.05, 0) is 6.07 Å². The van der Waals surface area contributed by atoms with Crippen molar-refractivity contribution in [1.29, 1.82) is 5.41 Å². The van der Waals surface area contributed by atoms with Gasteiger partial charge in [-0.25, -0.2) is 4.98 Å². The Labute approximate surface area is 52.8 Å². The summed E-state index contributed by atoms with van der Waals surface area (Å²) in [4.78, 5) is 3.80. The lowest BCUT2D eigenvalue weighted by molar-refractivity contribution is 0.545. The van der Waals surface area contributed by atoms with Crippen LogP contribution in [0.3, 0.4) is 0 Å². The molecule has 3 nitrogen and oxygen atoms in total. The Balaban J connectivity index is 2.72. The molecule has 0 aliphatic heterocycles. The van der Waals surface area contributed by atoms with Gasteiger partial charge >= 0.3 is 0 Å². The predicted molar refractivity (Wildman–Crippen MR) is 33.6 cm³/mol. The van der Waals surface area contributed by atoms with Gasteiger partial charge in [-0.15, -0.1) is 0 Å². The minimum atomic E-state index is 0.451. The average molecular weight is 122 g/mol. The van der Waals surface area contributed by atoms with E-state index >= 15 is 0 Å². The number of nitrogens with zero attached hydrogens (tertiary/aromatic N) is 1. The summed E-state index contributed by atoms with van der Waals surface area (Å²) < 4.78 is 4.64. The molecule has 0 atom stereocenters. The van der Waals surface area contributed by atoms with Crippen molar-refractivity contribution in [3.8, 4) is 5.88 Å². The van der Waals surface area contributed by atoms with Crippen molar-refractivity contribution < 1.29 is 4.74 Å². The zero-order chi connectivity index (χ0) is 6.53. The van der Waals surface area contributed by atoms with E-state index in [0.29, 0.717) is 5.88 Å². The second kappa shape index (κ2) is 2.81. The van der Waals surface area contributed by atoms with Crippen molar-refractivity contribution in [2.45, 2.75) is 0 Å². The van der Waals surface area contributed by atoms with Gasteiger partial charge in [0.1, 0.15) is 0 Å². The van der Waals surface area contributed by atoms with E-state index in [1.54, 1.807) is 24.4 Å². The summed E-state index contributed by atoms with van der Waals surface area (Å²) in [6.45, 7) is 0. The molecule has 0 saturated heterocycles. The maximum atomic E-state index is 6.55. The van der Waals surface area contributed by atoms with Crippen molar-refractivity contribution in [2.24, 2.45) is 0 Å². The standard InChI is InChI=1S/C6H6N2O/c7-5-9-6-3-1-2-4-8-6/h1-5,7H. The van der Waals surface area contributed by atoms with Crippen LogP contribution in [0, 0.1) is 5.41 Å². The topological polar surface area (TPSA) is 46.0 Å². The fraction of sp³-hybridized carbons (Fsp3) is 0. The minimum Gasteiger partial charge on any atom is -0.428 e. The predicted octanol–water partition coefficient (Wildman–Crippen LogP) is 1.07. The smallest absolute Gasteiger partial charge is 0.220 e. The Hall–Kier alpha value is -1.38. The van der Waals surface area contributed by atoms with Crippen LogP contribution in [-0.2, 0) is 0 Å². The van der Waals surface area contributed by atoms with Crippen LogP contribution in [0.25, 0.3) is 0 Å². The van der Waals surface area contributed by atoms with E-state index in [1.807, 2.05) is 0 Å². The molecule has 0 radical (unpaired) electrons. The SMILES string of the molecule is N=COc1ccccn1. The van der Waals surface area contributed by atoms with Gasteiger partial charge in [0.05, 0.1) is 0 Å². The third-order valence-electron chi connectivity index (χ3n) is 0.817. The van der Waals surface area contributed by atoms with Crippen molar-refractivity contribution in [1.82, 2.24) is 4.98 Å². The highest BCUT2D eigenvalue weighted by atomic mass is 16.5. The van der Waals surface area contributed by atoms with Gasteiger partial charge < -0.3 is 4.74 Å². The molecule has 3 heteroatoms. The molecule has 0 amide bonds. The van der Waals surface area contributed by atoms with E-state index in [0.717, 1.165) is 6.40 Å². The molecule has 1 aromatic heterocycles. The van der Waals surface area contributed by atoms with Crippen LogP contribution in [-0.4, -0.2) is 11.4 Å². The van der Waals surface area contributed by atoms with E-state index in [-0.39, 0.29) is 0 Å². The van der Waals surface area contributed by atoms with Crippen LogP contribution in [0.2, 0.25) is 0 Å². The zero-order valence-corrected chi connectivity index (χ0v) is 4.74. The Morgan fingerprint density at radius 1 is 1.56 bits per heavy atom. The molecule has 46 valence electrons. The van der Waals surface area contributed by atoms with Gasteiger partial charge in [-0.3, -0.25) is 5.41 Å². The summed E-state index contributed by atoms with van der Waals surface area (Å²) in [6.07, 6.45) is 2.46. The maximum Gasteiger partial charge on any atom is 0.220 e. The Bertz CT molecular complexity index is 186.